The zero-order valence-electron chi connectivity index (χ0n) is 5.70. The zero-order valence-corrected chi connectivity index (χ0v) is 5.70. The number of rotatable bonds is 2. The molecule has 0 amide bonds. The summed E-state index contributed by atoms with van der Waals surface area (Å²) in [5.41, 5.74) is 6.25. The van der Waals surface area contributed by atoms with E-state index in [1.165, 1.54) is 0 Å². The maximum Gasteiger partial charge on any atom is 0.106 e. The molecule has 1 aromatic rings. The highest BCUT2D eigenvalue weighted by atomic mass is 16.3. The Hall–Kier alpha value is -0.860. The lowest BCUT2D eigenvalue weighted by Crippen LogP contribution is -2.21. The summed E-state index contributed by atoms with van der Waals surface area (Å²) in [6.07, 6.45) is -0.205. The monoisotopic (exact) mass is 137 g/mol. The van der Waals surface area contributed by atoms with E-state index in [9.17, 15) is 0 Å². The highest BCUT2D eigenvalue weighted by Crippen LogP contribution is 1.99. The molecule has 2 heteroatoms. The van der Waals surface area contributed by atoms with Crippen LogP contribution >= 0.6 is 0 Å². The Morgan fingerprint density at radius 2 is 1.90 bits per heavy atom. The molecule has 54 valence electrons. The lowest BCUT2D eigenvalue weighted by atomic mass is 10.1. The van der Waals surface area contributed by atoms with Crippen LogP contribution in [0.5, 0.6) is 0 Å². The van der Waals surface area contributed by atoms with Gasteiger partial charge in [-0.25, -0.2) is 0 Å². The molecule has 0 heterocycles. The van der Waals surface area contributed by atoms with Crippen LogP contribution in [0.15, 0.2) is 30.3 Å². The van der Waals surface area contributed by atoms with E-state index in [0.29, 0.717) is 6.42 Å². The maximum absolute atomic E-state index is 8.78. The van der Waals surface area contributed by atoms with Crippen LogP contribution in [0.2, 0.25) is 0 Å². The highest BCUT2D eigenvalue weighted by molar-refractivity contribution is 5.14. The predicted octanol–water partition coefficient (Wildman–Crippen LogP) is 0.506. The van der Waals surface area contributed by atoms with E-state index in [1.54, 1.807) is 0 Å². The molecular weight excluding hydrogens is 126 g/mol. The van der Waals surface area contributed by atoms with Crippen molar-refractivity contribution in [2.24, 2.45) is 5.73 Å². The quantitative estimate of drug-likeness (QED) is 0.583. The molecule has 0 bridgehead atoms. The van der Waals surface area contributed by atoms with Gasteiger partial charge in [-0.15, -0.1) is 0 Å². The van der Waals surface area contributed by atoms with Gasteiger partial charge in [0.1, 0.15) is 6.23 Å². The van der Waals surface area contributed by atoms with E-state index in [-0.39, 0.29) is 0 Å². The van der Waals surface area contributed by atoms with Crippen LogP contribution in [0.3, 0.4) is 0 Å². The first-order valence-electron chi connectivity index (χ1n) is 3.26. The molecule has 0 aliphatic rings. The number of aliphatic hydroxyl groups is 1. The van der Waals surface area contributed by atoms with Gasteiger partial charge in [0.2, 0.25) is 0 Å². The number of hydrogen-bond acceptors (Lipinski definition) is 2. The summed E-state index contributed by atoms with van der Waals surface area (Å²) in [6.45, 7) is 0. The summed E-state index contributed by atoms with van der Waals surface area (Å²) in [4.78, 5) is 0. The van der Waals surface area contributed by atoms with Crippen molar-refractivity contribution < 1.29 is 5.11 Å². The normalized spacial score (nSPS) is 13.0. The predicted molar refractivity (Wildman–Crippen MR) is 40.3 cm³/mol. The Morgan fingerprint density at radius 3 is 2.40 bits per heavy atom. The van der Waals surface area contributed by atoms with Gasteiger partial charge in [-0.05, 0) is 5.56 Å². The van der Waals surface area contributed by atoms with Gasteiger partial charge >= 0.3 is 0 Å². The molecule has 0 radical (unpaired) electrons. The van der Waals surface area contributed by atoms with Crippen molar-refractivity contribution in [1.29, 1.82) is 0 Å². The summed E-state index contributed by atoms with van der Waals surface area (Å²) in [5, 5.41) is 8.78. The number of hydrogen-bond donors (Lipinski definition) is 2. The molecule has 0 aliphatic heterocycles. The minimum atomic E-state index is -0.734. The summed E-state index contributed by atoms with van der Waals surface area (Å²) < 4.78 is 0. The highest BCUT2D eigenvalue weighted by Gasteiger charge is 1.95. The molecule has 0 aromatic heterocycles. The minimum Gasteiger partial charge on any atom is -0.378 e. The van der Waals surface area contributed by atoms with Crippen LogP contribution in [-0.4, -0.2) is 11.3 Å². The van der Waals surface area contributed by atoms with Crippen LogP contribution in [0, 0.1) is 0 Å². The van der Waals surface area contributed by atoms with Gasteiger partial charge in [0, 0.05) is 6.42 Å². The van der Waals surface area contributed by atoms with E-state index >= 15 is 0 Å². The van der Waals surface area contributed by atoms with Gasteiger partial charge in [-0.3, -0.25) is 0 Å². The molecular formula is C8H11NO. The molecule has 0 spiro atoms. The third kappa shape index (κ3) is 2.17. The molecule has 1 atom stereocenters. The lowest BCUT2D eigenvalue weighted by molar-refractivity contribution is 0.183. The fraction of sp³-hybridized carbons (Fsp3) is 0.250. The molecule has 1 rings (SSSR count). The van der Waals surface area contributed by atoms with Gasteiger partial charge in [0.15, 0.2) is 0 Å². The molecule has 0 aliphatic carbocycles. The third-order valence-corrected chi connectivity index (χ3v) is 1.29. The van der Waals surface area contributed by atoms with E-state index in [0.717, 1.165) is 5.56 Å². The minimum absolute atomic E-state index is 0.529. The van der Waals surface area contributed by atoms with Crippen molar-refractivity contribution in [2.75, 3.05) is 0 Å². The fourth-order valence-electron chi connectivity index (χ4n) is 0.856. The Bertz CT molecular complexity index is 184. The first kappa shape index (κ1) is 7.25. The largest absolute Gasteiger partial charge is 0.378 e. The van der Waals surface area contributed by atoms with Crippen molar-refractivity contribution in [3.8, 4) is 0 Å². The standard InChI is InChI=1S/C8H11NO/c9-8(10)6-7-4-2-1-3-5-7/h1-5,8,10H,6,9H2/t8-/m1/s1. The van der Waals surface area contributed by atoms with Crippen molar-refractivity contribution >= 4 is 0 Å². The molecule has 2 nitrogen and oxygen atoms in total. The SMILES string of the molecule is N[C@H](O)Cc1ccccc1. The second-order valence-electron chi connectivity index (χ2n) is 2.26. The van der Waals surface area contributed by atoms with Crippen LogP contribution in [-0.2, 0) is 6.42 Å². The van der Waals surface area contributed by atoms with Gasteiger partial charge < -0.3 is 10.8 Å². The van der Waals surface area contributed by atoms with Crippen molar-refractivity contribution in [3.05, 3.63) is 35.9 Å². The summed E-state index contributed by atoms with van der Waals surface area (Å²) in [7, 11) is 0. The van der Waals surface area contributed by atoms with Gasteiger partial charge in [-0.1, -0.05) is 30.3 Å². The molecule has 0 fully saturated rings. The first-order valence-corrected chi connectivity index (χ1v) is 3.26. The number of aliphatic hydroxyl groups excluding tert-OH is 1. The van der Waals surface area contributed by atoms with E-state index in [2.05, 4.69) is 0 Å². The van der Waals surface area contributed by atoms with E-state index < -0.39 is 6.23 Å². The second kappa shape index (κ2) is 3.34. The van der Waals surface area contributed by atoms with Gasteiger partial charge in [0.05, 0.1) is 0 Å². The average molecular weight is 137 g/mol. The Kier molecular flexibility index (Phi) is 2.42. The number of nitrogens with two attached hydrogens (primary N) is 1. The van der Waals surface area contributed by atoms with Crippen molar-refractivity contribution in [1.82, 2.24) is 0 Å². The summed E-state index contributed by atoms with van der Waals surface area (Å²) >= 11 is 0. The summed E-state index contributed by atoms with van der Waals surface area (Å²) in [5.74, 6) is 0. The second-order valence-corrected chi connectivity index (χ2v) is 2.26. The van der Waals surface area contributed by atoms with Crippen LogP contribution < -0.4 is 5.73 Å². The van der Waals surface area contributed by atoms with Crippen LogP contribution in [0.25, 0.3) is 0 Å². The molecule has 0 saturated heterocycles. The molecule has 0 saturated carbocycles. The topological polar surface area (TPSA) is 46.2 Å². The fourth-order valence-corrected chi connectivity index (χ4v) is 0.856. The molecule has 1 aromatic carbocycles. The molecule has 0 unspecified atom stereocenters. The van der Waals surface area contributed by atoms with Crippen molar-refractivity contribution in [2.45, 2.75) is 12.6 Å². The Labute approximate surface area is 60.3 Å². The van der Waals surface area contributed by atoms with E-state index in [4.69, 9.17) is 10.8 Å². The van der Waals surface area contributed by atoms with Gasteiger partial charge in [0.25, 0.3) is 0 Å². The Balaban J connectivity index is 2.59. The van der Waals surface area contributed by atoms with Gasteiger partial charge in [-0.2, -0.15) is 0 Å². The summed E-state index contributed by atoms with van der Waals surface area (Å²) in [6, 6.07) is 9.67. The van der Waals surface area contributed by atoms with Crippen molar-refractivity contribution in [3.63, 3.8) is 0 Å². The van der Waals surface area contributed by atoms with Crippen LogP contribution in [0.1, 0.15) is 5.56 Å². The lowest BCUT2D eigenvalue weighted by Gasteiger charge is -2.02. The third-order valence-electron chi connectivity index (χ3n) is 1.29. The maximum atomic E-state index is 8.78. The zero-order chi connectivity index (χ0) is 7.40. The van der Waals surface area contributed by atoms with E-state index in [1.807, 2.05) is 30.3 Å². The smallest absolute Gasteiger partial charge is 0.106 e. The molecule has 10 heavy (non-hydrogen) atoms. The Morgan fingerprint density at radius 1 is 1.30 bits per heavy atom. The van der Waals surface area contributed by atoms with Crippen LogP contribution in [0.4, 0.5) is 0 Å². The average Bonchev–Trinajstić information content (AvgIpc) is 1.88. The first-order chi connectivity index (χ1) is 4.79. The number of benzene rings is 1. The molecule has 3 N–H and O–H groups in total.